The molecule has 1 saturated heterocycles. The van der Waals surface area contributed by atoms with E-state index in [1.54, 1.807) is 7.05 Å². The van der Waals surface area contributed by atoms with Crippen LogP contribution in [-0.4, -0.2) is 36.4 Å². The van der Waals surface area contributed by atoms with Crippen molar-refractivity contribution in [3.05, 3.63) is 35.9 Å². The van der Waals surface area contributed by atoms with Crippen molar-refractivity contribution in [1.29, 1.82) is 0 Å². The molecule has 3 nitrogen and oxygen atoms in total. The van der Waals surface area contributed by atoms with Crippen molar-refractivity contribution in [2.45, 2.75) is 24.9 Å². The van der Waals surface area contributed by atoms with Crippen LogP contribution in [0, 0.1) is 0 Å². The molecule has 0 aliphatic carbocycles. The summed E-state index contributed by atoms with van der Waals surface area (Å²) in [7, 11) is 1.63. The van der Waals surface area contributed by atoms with E-state index in [1.807, 2.05) is 30.3 Å². The highest BCUT2D eigenvalue weighted by Gasteiger charge is 2.43. The monoisotopic (exact) mass is 290 g/mol. The maximum absolute atomic E-state index is 13.0. The first-order valence-corrected chi connectivity index (χ1v) is 5.88. The molecule has 6 heteroatoms. The molecular formula is C13H17ClF2N2O. The van der Waals surface area contributed by atoms with E-state index in [0.717, 1.165) is 5.56 Å². The van der Waals surface area contributed by atoms with Crippen LogP contribution in [0.4, 0.5) is 8.78 Å². The van der Waals surface area contributed by atoms with E-state index in [9.17, 15) is 13.6 Å². The molecule has 1 N–H and O–H groups in total. The first kappa shape index (κ1) is 15.9. The number of nitrogens with one attached hydrogen (secondary N) is 1. The van der Waals surface area contributed by atoms with E-state index in [4.69, 9.17) is 0 Å². The van der Waals surface area contributed by atoms with Gasteiger partial charge in [-0.3, -0.25) is 10.1 Å². The van der Waals surface area contributed by atoms with Crippen LogP contribution < -0.4 is 5.32 Å². The number of halogens is 3. The summed E-state index contributed by atoms with van der Waals surface area (Å²) in [4.78, 5) is 13.4. The molecule has 0 bridgehead atoms. The zero-order chi connectivity index (χ0) is 13.2. The molecule has 1 unspecified atom stereocenters. The number of nitrogens with zero attached hydrogens (tertiary/aromatic N) is 1. The maximum atomic E-state index is 13.0. The Bertz CT molecular complexity index is 428. The molecule has 1 aliphatic heterocycles. The van der Waals surface area contributed by atoms with Gasteiger partial charge in [0.1, 0.15) is 0 Å². The fourth-order valence-corrected chi connectivity index (χ4v) is 2.09. The molecule has 0 aromatic heterocycles. The summed E-state index contributed by atoms with van der Waals surface area (Å²) in [6, 6.07) is 8.70. The number of likely N-dealkylation sites (N-methyl/N-ethyl adjacent to an activating group) is 1. The minimum atomic E-state index is -2.77. The van der Waals surface area contributed by atoms with E-state index in [-0.39, 0.29) is 18.3 Å². The summed E-state index contributed by atoms with van der Waals surface area (Å²) < 4.78 is 26.0. The highest BCUT2D eigenvalue weighted by molar-refractivity contribution is 5.85. The Kier molecular flexibility index (Phi) is 5.26. The van der Waals surface area contributed by atoms with Crippen LogP contribution in [0.15, 0.2) is 30.3 Å². The second-order valence-corrected chi connectivity index (χ2v) is 4.67. The molecule has 1 aliphatic rings. The molecule has 0 spiro atoms. The summed E-state index contributed by atoms with van der Waals surface area (Å²) in [5.41, 5.74) is 0.984. The topological polar surface area (TPSA) is 32.3 Å². The highest BCUT2D eigenvalue weighted by atomic mass is 35.5. The minimum absolute atomic E-state index is 0. The van der Waals surface area contributed by atoms with Crippen molar-refractivity contribution in [2.24, 2.45) is 0 Å². The lowest BCUT2D eigenvalue weighted by molar-refractivity contribution is -0.132. The molecule has 1 heterocycles. The van der Waals surface area contributed by atoms with E-state index in [1.165, 1.54) is 4.90 Å². The number of alkyl halides is 2. The lowest BCUT2D eigenvalue weighted by Crippen LogP contribution is -2.41. The molecule has 2 rings (SSSR count). The van der Waals surface area contributed by atoms with E-state index in [2.05, 4.69) is 5.32 Å². The molecule has 106 valence electrons. The minimum Gasteiger partial charge on any atom is -0.340 e. The summed E-state index contributed by atoms with van der Waals surface area (Å²) in [5.74, 6) is -3.05. The number of carbonyl (C=O) groups excluding carboxylic acids is 1. The highest BCUT2D eigenvalue weighted by Crippen LogP contribution is 2.26. The molecule has 1 aromatic carbocycles. The van der Waals surface area contributed by atoms with Gasteiger partial charge in [-0.1, -0.05) is 30.3 Å². The van der Waals surface area contributed by atoms with Gasteiger partial charge in [-0.25, -0.2) is 8.78 Å². The first-order valence-electron chi connectivity index (χ1n) is 5.88. The molecule has 1 atom stereocenters. The molecule has 0 saturated carbocycles. The summed E-state index contributed by atoms with van der Waals surface area (Å²) in [6.45, 7) is 0.0198. The van der Waals surface area contributed by atoms with Crippen LogP contribution >= 0.6 is 12.4 Å². The number of hydrogen-bond acceptors (Lipinski definition) is 2. The second-order valence-electron chi connectivity index (χ2n) is 4.67. The number of hydrogen-bond donors (Lipinski definition) is 1. The van der Waals surface area contributed by atoms with Crippen LogP contribution in [0.3, 0.4) is 0 Å². The number of benzene rings is 1. The average Bonchev–Trinajstić information content (AvgIpc) is 2.70. The Morgan fingerprint density at radius 2 is 2.05 bits per heavy atom. The summed E-state index contributed by atoms with van der Waals surface area (Å²) in [6.07, 6.45) is -0.412. The Hall–Kier alpha value is -1.20. The first-order chi connectivity index (χ1) is 8.48. The van der Waals surface area contributed by atoms with Gasteiger partial charge >= 0.3 is 0 Å². The molecule has 19 heavy (non-hydrogen) atoms. The maximum Gasteiger partial charge on any atom is 0.262 e. The fraction of sp³-hybridized carbons (Fsp3) is 0.462. The molecular weight excluding hydrogens is 274 g/mol. The fourth-order valence-electron chi connectivity index (χ4n) is 2.09. The van der Waals surface area contributed by atoms with Crippen LogP contribution in [-0.2, 0) is 11.3 Å². The normalized spacial score (nSPS) is 20.7. The molecule has 1 aromatic rings. The van der Waals surface area contributed by atoms with Crippen molar-refractivity contribution in [1.82, 2.24) is 10.2 Å². The van der Waals surface area contributed by atoms with E-state index < -0.39 is 24.9 Å². The quantitative estimate of drug-likeness (QED) is 0.924. The van der Waals surface area contributed by atoms with Gasteiger partial charge in [-0.05, 0) is 5.56 Å². The van der Waals surface area contributed by atoms with Crippen LogP contribution in [0.2, 0.25) is 0 Å². The van der Waals surface area contributed by atoms with Gasteiger partial charge in [-0.15, -0.1) is 12.4 Å². The molecule has 1 fully saturated rings. The number of rotatable bonds is 3. The van der Waals surface area contributed by atoms with Crippen LogP contribution in [0.1, 0.15) is 12.0 Å². The van der Waals surface area contributed by atoms with Crippen molar-refractivity contribution in [2.75, 3.05) is 13.6 Å². The second kappa shape index (κ2) is 6.30. The van der Waals surface area contributed by atoms with Crippen molar-refractivity contribution in [3.8, 4) is 0 Å². The van der Waals surface area contributed by atoms with Gasteiger partial charge < -0.3 is 4.90 Å². The third-order valence-corrected chi connectivity index (χ3v) is 3.05. The van der Waals surface area contributed by atoms with Gasteiger partial charge in [0, 0.05) is 20.0 Å². The van der Waals surface area contributed by atoms with Gasteiger partial charge in [0.25, 0.3) is 5.92 Å². The SMILES string of the molecule is CN(Cc1ccccc1)C(=O)C1CC(F)(F)CN1.Cl. The largest absolute Gasteiger partial charge is 0.340 e. The predicted octanol–water partition coefficient (Wildman–Crippen LogP) is 2.06. The standard InChI is InChI=1S/C13H16F2N2O.ClH/c1-17(8-10-5-3-2-4-6-10)12(18)11-7-13(14,15)9-16-11;/h2-6,11,16H,7-9H2,1H3;1H. The Morgan fingerprint density at radius 3 is 2.58 bits per heavy atom. The zero-order valence-corrected chi connectivity index (χ0v) is 11.4. The number of amides is 1. The van der Waals surface area contributed by atoms with Crippen LogP contribution in [0.25, 0.3) is 0 Å². The Morgan fingerprint density at radius 1 is 1.42 bits per heavy atom. The van der Waals surface area contributed by atoms with E-state index >= 15 is 0 Å². The Balaban J connectivity index is 0.00000180. The van der Waals surface area contributed by atoms with Gasteiger partial charge in [-0.2, -0.15) is 0 Å². The van der Waals surface area contributed by atoms with Crippen molar-refractivity contribution < 1.29 is 13.6 Å². The molecule has 1 amide bonds. The third-order valence-electron chi connectivity index (χ3n) is 3.05. The Labute approximate surface area is 117 Å². The third kappa shape index (κ3) is 4.14. The summed E-state index contributed by atoms with van der Waals surface area (Å²) >= 11 is 0. The van der Waals surface area contributed by atoms with Crippen LogP contribution in [0.5, 0.6) is 0 Å². The average molecular weight is 291 g/mol. The smallest absolute Gasteiger partial charge is 0.262 e. The van der Waals surface area contributed by atoms with Gasteiger partial charge in [0.2, 0.25) is 5.91 Å². The summed E-state index contributed by atoms with van der Waals surface area (Å²) in [5, 5.41) is 2.57. The predicted molar refractivity (Wildman–Crippen MR) is 71.5 cm³/mol. The number of carbonyl (C=O) groups is 1. The van der Waals surface area contributed by atoms with Gasteiger partial charge in [0.05, 0.1) is 12.6 Å². The van der Waals surface area contributed by atoms with Gasteiger partial charge in [0.15, 0.2) is 0 Å². The lowest BCUT2D eigenvalue weighted by atomic mass is 10.1. The zero-order valence-electron chi connectivity index (χ0n) is 10.6. The lowest BCUT2D eigenvalue weighted by Gasteiger charge is -2.21. The molecule has 0 radical (unpaired) electrons. The van der Waals surface area contributed by atoms with E-state index in [0.29, 0.717) is 6.54 Å². The van der Waals surface area contributed by atoms with Crippen molar-refractivity contribution in [3.63, 3.8) is 0 Å². The van der Waals surface area contributed by atoms with Crippen molar-refractivity contribution >= 4 is 18.3 Å².